The lowest BCUT2D eigenvalue weighted by Gasteiger charge is -2.20. The third-order valence-corrected chi connectivity index (χ3v) is 2.93. The molecule has 6 nitrogen and oxygen atoms in total. The number of hydroxylamine groups is 2. The summed E-state index contributed by atoms with van der Waals surface area (Å²) >= 11 is 0. The van der Waals surface area contributed by atoms with Gasteiger partial charge in [0.15, 0.2) is 0 Å². The highest BCUT2D eigenvalue weighted by atomic mass is 16.5. The summed E-state index contributed by atoms with van der Waals surface area (Å²) in [5, 5.41) is 14.5. The van der Waals surface area contributed by atoms with E-state index in [1.165, 1.54) is 0 Å². The van der Waals surface area contributed by atoms with Gasteiger partial charge in [-0.05, 0) is 18.6 Å². The molecule has 1 unspecified atom stereocenters. The molecule has 3 rings (SSSR count). The van der Waals surface area contributed by atoms with Crippen molar-refractivity contribution in [2.45, 2.75) is 13.0 Å². The van der Waals surface area contributed by atoms with Gasteiger partial charge in [-0.3, -0.25) is 5.21 Å². The predicted octanol–water partition coefficient (Wildman–Crippen LogP) is 0.541. The minimum absolute atomic E-state index is 0.249. The molecule has 0 spiro atoms. The lowest BCUT2D eigenvalue weighted by Crippen LogP contribution is -2.31. The minimum atomic E-state index is -0.333. The first-order valence-corrected chi connectivity index (χ1v) is 5.14. The number of nitrogens with zero attached hydrogens (tertiary/aromatic N) is 4. The topological polar surface area (TPSA) is 61.6 Å². The molecule has 3 heterocycles. The fraction of sp³-hybridized carbons (Fsp3) is 0.400. The lowest BCUT2D eigenvalue weighted by molar-refractivity contribution is -0.0450. The Bertz CT molecular complexity index is 479. The summed E-state index contributed by atoms with van der Waals surface area (Å²) in [6.45, 7) is 3.01. The molecular formula is C10H12N4O2. The van der Waals surface area contributed by atoms with Crippen LogP contribution < -0.4 is 0 Å². The Balaban J connectivity index is 1.95. The van der Waals surface area contributed by atoms with Gasteiger partial charge in [-0.1, -0.05) is 0 Å². The molecule has 1 fully saturated rings. The zero-order chi connectivity index (χ0) is 11.3. The molecule has 1 saturated heterocycles. The van der Waals surface area contributed by atoms with Crippen molar-refractivity contribution < 1.29 is 10.0 Å². The van der Waals surface area contributed by atoms with Crippen molar-refractivity contribution in [2.75, 3.05) is 13.1 Å². The van der Waals surface area contributed by atoms with Gasteiger partial charge in [0, 0.05) is 12.7 Å². The molecule has 0 aliphatic carbocycles. The van der Waals surface area contributed by atoms with E-state index < -0.39 is 0 Å². The van der Waals surface area contributed by atoms with Crippen LogP contribution in [-0.2, 0) is 0 Å². The molecule has 16 heavy (non-hydrogen) atoms. The summed E-state index contributed by atoms with van der Waals surface area (Å²) < 4.78 is 1.75. The van der Waals surface area contributed by atoms with Gasteiger partial charge in [0.1, 0.15) is 0 Å². The zero-order valence-corrected chi connectivity index (χ0v) is 8.87. The second-order valence-corrected chi connectivity index (χ2v) is 4.20. The maximum Gasteiger partial charge on any atom is 0.344 e. The molecule has 0 aromatic carbocycles. The Morgan fingerprint density at radius 3 is 3.00 bits per heavy atom. The number of hydrogen-bond acceptors (Lipinski definition) is 3. The van der Waals surface area contributed by atoms with Gasteiger partial charge in [-0.25, -0.2) is 9.48 Å². The lowest BCUT2D eigenvalue weighted by atomic mass is 10.2. The number of hydrogen-bond donors (Lipinski definition) is 1. The molecule has 2 bridgehead atoms. The van der Waals surface area contributed by atoms with E-state index in [-0.39, 0.29) is 12.1 Å². The van der Waals surface area contributed by atoms with Crippen molar-refractivity contribution in [1.82, 2.24) is 19.7 Å². The van der Waals surface area contributed by atoms with Crippen LogP contribution in [0.15, 0.2) is 18.5 Å². The smallest absolute Gasteiger partial charge is 0.314 e. The van der Waals surface area contributed by atoms with Crippen LogP contribution in [0.5, 0.6) is 0 Å². The van der Waals surface area contributed by atoms with E-state index in [4.69, 9.17) is 0 Å². The molecule has 0 radical (unpaired) electrons. The summed E-state index contributed by atoms with van der Waals surface area (Å²) in [6.07, 6.45) is 5.56. The van der Waals surface area contributed by atoms with Crippen LogP contribution in [-0.4, -0.2) is 50.1 Å². The average molecular weight is 220 g/mol. The van der Waals surface area contributed by atoms with Crippen LogP contribution in [0.1, 0.15) is 5.56 Å². The highest BCUT2D eigenvalue weighted by Crippen LogP contribution is 2.24. The number of rotatable bonds is 1. The predicted molar refractivity (Wildman–Crippen MR) is 55.6 cm³/mol. The molecule has 1 N–H and O–H groups in total. The largest absolute Gasteiger partial charge is 0.344 e. The second-order valence-electron chi connectivity index (χ2n) is 4.20. The molecule has 84 valence electrons. The number of amides is 2. The van der Waals surface area contributed by atoms with E-state index in [9.17, 15) is 10.0 Å². The van der Waals surface area contributed by atoms with Crippen molar-refractivity contribution in [2.24, 2.45) is 0 Å². The van der Waals surface area contributed by atoms with E-state index in [1.807, 2.05) is 19.2 Å². The van der Waals surface area contributed by atoms with Crippen molar-refractivity contribution >= 4 is 11.7 Å². The molecule has 1 aromatic rings. The van der Waals surface area contributed by atoms with Gasteiger partial charge in [-0.2, -0.15) is 10.2 Å². The first kappa shape index (κ1) is 9.41. The van der Waals surface area contributed by atoms with E-state index in [0.717, 1.165) is 16.3 Å². The number of fused-ring (bicyclic) bond motifs is 2. The van der Waals surface area contributed by atoms with E-state index in [0.29, 0.717) is 13.1 Å². The minimum Gasteiger partial charge on any atom is -0.314 e. The molecule has 2 aliphatic rings. The van der Waals surface area contributed by atoms with Gasteiger partial charge in [0.25, 0.3) is 0 Å². The highest BCUT2D eigenvalue weighted by molar-refractivity contribution is 5.79. The zero-order valence-electron chi connectivity index (χ0n) is 8.87. The number of carbonyl (C=O) groups is 1. The Kier molecular flexibility index (Phi) is 1.81. The Morgan fingerprint density at radius 2 is 2.38 bits per heavy atom. The standard InChI is InChI=1S/C10H12N4O2/c1-7-3-11-13(4-7)8-2-9-6-12(5-8)10(15)14(9)16/h2-4,9,16H,5-6H2,1H3. The summed E-state index contributed by atoms with van der Waals surface area (Å²) in [5.41, 5.74) is 2.00. The quantitative estimate of drug-likeness (QED) is 0.703. The molecule has 1 atom stereocenters. The SMILES string of the molecule is Cc1cnn(C2=CC3CN(C2)C(=O)N3O)c1. The molecule has 0 saturated carbocycles. The third kappa shape index (κ3) is 1.23. The second kappa shape index (κ2) is 3.08. The van der Waals surface area contributed by atoms with Crippen molar-refractivity contribution in [3.63, 3.8) is 0 Å². The van der Waals surface area contributed by atoms with Crippen LogP contribution in [0.2, 0.25) is 0 Å². The van der Waals surface area contributed by atoms with E-state index in [2.05, 4.69) is 5.10 Å². The van der Waals surface area contributed by atoms with Crippen molar-refractivity contribution in [3.05, 3.63) is 24.0 Å². The molecule has 2 amide bonds. The Morgan fingerprint density at radius 1 is 1.56 bits per heavy atom. The fourth-order valence-corrected chi connectivity index (χ4v) is 2.11. The first-order valence-electron chi connectivity index (χ1n) is 5.14. The number of aryl methyl sites for hydroxylation is 1. The monoisotopic (exact) mass is 220 g/mol. The van der Waals surface area contributed by atoms with E-state index >= 15 is 0 Å². The van der Waals surface area contributed by atoms with Crippen LogP contribution >= 0.6 is 0 Å². The van der Waals surface area contributed by atoms with Crippen LogP contribution in [0, 0.1) is 6.92 Å². The molecule has 1 aromatic heterocycles. The Labute approximate surface area is 92.3 Å². The Hall–Kier alpha value is -1.82. The normalized spacial score (nSPS) is 24.0. The molecule has 2 aliphatic heterocycles. The number of aromatic nitrogens is 2. The highest BCUT2D eigenvalue weighted by Gasteiger charge is 2.39. The van der Waals surface area contributed by atoms with Crippen LogP contribution in [0.3, 0.4) is 0 Å². The van der Waals surface area contributed by atoms with Gasteiger partial charge >= 0.3 is 6.03 Å². The number of urea groups is 1. The molecule has 6 heteroatoms. The van der Waals surface area contributed by atoms with Gasteiger partial charge in [0.05, 0.1) is 24.5 Å². The van der Waals surface area contributed by atoms with Crippen molar-refractivity contribution in [3.8, 4) is 0 Å². The third-order valence-electron chi connectivity index (χ3n) is 2.93. The summed E-state index contributed by atoms with van der Waals surface area (Å²) in [5.74, 6) is 0. The maximum atomic E-state index is 11.5. The van der Waals surface area contributed by atoms with Gasteiger partial charge in [0.2, 0.25) is 0 Å². The van der Waals surface area contributed by atoms with Crippen LogP contribution in [0.4, 0.5) is 4.79 Å². The van der Waals surface area contributed by atoms with E-state index in [1.54, 1.807) is 15.8 Å². The summed E-state index contributed by atoms with van der Waals surface area (Å²) in [6, 6.07) is -0.583. The summed E-state index contributed by atoms with van der Waals surface area (Å²) in [4.78, 5) is 13.1. The first-order chi connectivity index (χ1) is 7.65. The van der Waals surface area contributed by atoms with Gasteiger partial charge in [-0.15, -0.1) is 0 Å². The summed E-state index contributed by atoms with van der Waals surface area (Å²) in [7, 11) is 0. The average Bonchev–Trinajstić information content (AvgIpc) is 2.79. The van der Waals surface area contributed by atoms with Crippen molar-refractivity contribution in [1.29, 1.82) is 0 Å². The van der Waals surface area contributed by atoms with Crippen LogP contribution in [0.25, 0.3) is 5.70 Å². The van der Waals surface area contributed by atoms with Gasteiger partial charge < -0.3 is 4.90 Å². The number of carbonyl (C=O) groups excluding carboxylic acids is 1. The molecular weight excluding hydrogens is 208 g/mol. The fourth-order valence-electron chi connectivity index (χ4n) is 2.11. The maximum absolute atomic E-state index is 11.5.